The lowest BCUT2D eigenvalue weighted by Crippen LogP contribution is -2.19. The largest absolute Gasteiger partial charge is 0.489 e. The van der Waals surface area contributed by atoms with Crippen LogP contribution in [0.1, 0.15) is 11.1 Å². The summed E-state index contributed by atoms with van der Waals surface area (Å²) < 4.78 is 20.6. The fourth-order valence-electron chi connectivity index (χ4n) is 3.33. The second-order valence-corrected chi connectivity index (χ2v) is 7.40. The minimum absolute atomic E-state index is 0.0180. The third-order valence-corrected chi connectivity index (χ3v) is 5.10. The fourth-order valence-corrected chi connectivity index (χ4v) is 3.33. The van der Waals surface area contributed by atoms with Gasteiger partial charge < -0.3 is 10.1 Å². The van der Waals surface area contributed by atoms with E-state index in [1.807, 2.05) is 60.7 Å². The zero-order valence-corrected chi connectivity index (χ0v) is 18.4. The quantitative estimate of drug-likeness (QED) is 0.319. The molecule has 4 aromatic rings. The molecule has 0 bridgehead atoms. The summed E-state index contributed by atoms with van der Waals surface area (Å²) in [6.07, 6.45) is 3.31. The van der Waals surface area contributed by atoms with Gasteiger partial charge in [0.25, 0.3) is 5.91 Å². The molecular weight excluding hydrogens is 431 g/mol. The van der Waals surface area contributed by atoms with Crippen molar-refractivity contribution < 1.29 is 13.9 Å². The van der Waals surface area contributed by atoms with E-state index in [0.29, 0.717) is 23.6 Å². The highest BCUT2D eigenvalue weighted by molar-refractivity contribution is 6.02. The Morgan fingerprint density at radius 3 is 2.44 bits per heavy atom. The Bertz CT molecular complexity index is 1350. The van der Waals surface area contributed by atoms with Crippen LogP contribution in [0, 0.1) is 17.1 Å². The van der Waals surface area contributed by atoms with Gasteiger partial charge in [0.05, 0.1) is 11.4 Å². The van der Waals surface area contributed by atoms with Crippen molar-refractivity contribution in [3.05, 3.63) is 108 Å². The van der Waals surface area contributed by atoms with Crippen LogP contribution in [0.3, 0.4) is 0 Å². The lowest BCUT2D eigenvalue weighted by Gasteiger charge is -2.07. The van der Waals surface area contributed by atoms with Gasteiger partial charge in [-0.2, -0.15) is 10.4 Å². The number of nitrogens with one attached hydrogen (secondary N) is 1. The lowest BCUT2D eigenvalue weighted by molar-refractivity contribution is -0.116. The van der Waals surface area contributed by atoms with Gasteiger partial charge in [0, 0.05) is 24.4 Å². The highest BCUT2D eigenvalue weighted by Crippen LogP contribution is 2.28. The molecule has 0 fully saturated rings. The average Bonchev–Trinajstić information content (AvgIpc) is 3.31. The number of nitrogens with zero attached hydrogens (tertiary/aromatic N) is 3. The summed E-state index contributed by atoms with van der Waals surface area (Å²) in [5.74, 6) is -0.106. The molecule has 0 aliphatic carbocycles. The molecule has 168 valence electrons. The fraction of sp³-hybridized carbons (Fsp3) is 0.0741. The minimum Gasteiger partial charge on any atom is -0.489 e. The predicted octanol–water partition coefficient (Wildman–Crippen LogP) is 4.91. The van der Waals surface area contributed by atoms with Crippen LogP contribution < -0.4 is 10.1 Å². The Morgan fingerprint density at radius 1 is 1.09 bits per heavy atom. The van der Waals surface area contributed by atoms with Crippen molar-refractivity contribution in [3.63, 3.8) is 0 Å². The van der Waals surface area contributed by atoms with E-state index in [1.165, 1.54) is 25.3 Å². The number of aromatic nitrogens is 2. The number of likely N-dealkylation sites (N-methyl/N-ethyl adjacent to an activating group) is 1. The molecule has 0 radical (unpaired) electrons. The summed E-state index contributed by atoms with van der Waals surface area (Å²) in [6.45, 7) is 0.313. The molecule has 1 N–H and O–H groups in total. The third-order valence-electron chi connectivity index (χ3n) is 5.10. The number of ether oxygens (including phenoxy) is 1. The first-order valence-electron chi connectivity index (χ1n) is 10.5. The van der Waals surface area contributed by atoms with E-state index >= 15 is 0 Å². The second-order valence-electron chi connectivity index (χ2n) is 7.40. The van der Waals surface area contributed by atoms with Crippen molar-refractivity contribution in [3.8, 4) is 28.8 Å². The first-order valence-corrected chi connectivity index (χ1v) is 10.5. The summed E-state index contributed by atoms with van der Waals surface area (Å²) in [4.78, 5) is 12.1. The molecule has 4 rings (SSSR count). The van der Waals surface area contributed by atoms with Gasteiger partial charge in [-0.15, -0.1) is 0 Å². The monoisotopic (exact) mass is 452 g/mol. The molecule has 0 aliphatic heterocycles. The molecule has 1 amide bonds. The van der Waals surface area contributed by atoms with Gasteiger partial charge in [0.2, 0.25) is 0 Å². The Hall–Kier alpha value is -4.70. The molecule has 1 aromatic heterocycles. The first kappa shape index (κ1) is 22.5. The molecular formula is C27H21FN4O2. The molecule has 0 saturated carbocycles. The molecule has 0 aliphatic rings. The van der Waals surface area contributed by atoms with Crippen molar-refractivity contribution in [1.82, 2.24) is 15.1 Å². The maximum absolute atomic E-state index is 13.1. The van der Waals surface area contributed by atoms with Crippen LogP contribution in [0.15, 0.2) is 90.6 Å². The maximum Gasteiger partial charge on any atom is 0.261 e. The van der Waals surface area contributed by atoms with Crippen molar-refractivity contribution in [2.24, 2.45) is 0 Å². The maximum atomic E-state index is 13.1. The minimum atomic E-state index is -0.467. The van der Waals surface area contributed by atoms with Crippen molar-refractivity contribution in [2.45, 2.75) is 6.61 Å². The standard InChI is InChI=1S/C27H21FN4O2/c1-30-27(33)21(16-29)15-22-17-32(24-5-3-2-4-6-24)31-26(22)20-9-13-25(14-10-20)34-18-19-7-11-23(28)12-8-19/h2-15,17H,18H2,1H3,(H,30,33). The van der Waals surface area contributed by atoms with Crippen LogP contribution >= 0.6 is 0 Å². The number of carbonyl (C=O) groups excluding carboxylic acids is 1. The first-order chi connectivity index (χ1) is 16.6. The third kappa shape index (κ3) is 5.19. The van der Waals surface area contributed by atoms with Gasteiger partial charge in [0.15, 0.2) is 0 Å². The van der Waals surface area contributed by atoms with Crippen LogP contribution in [0.4, 0.5) is 4.39 Å². The van der Waals surface area contributed by atoms with Gasteiger partial charge in [-0.3, -0.25) is 4.79 Å². The Labute approximate surface area is 196 Å². The number of rotatable bonds is 7. The predicted molar refractivity (Wildman–Crippen MR) is 127 cm³/mol. The number of carbonyl (C=O) groups is 1. The molecule has 34 heavy (non-hydrogen) atoms. The zero-order valence-electron chi connectivity index (χ0n) is 18.4. The Kier molecular flexibility index (Phi) is 6.80. The molecule has 0 saturated heterocycles. The summed E-state index contributed by atoms with van der Waals surface area (Å²) in [5, 5.41) is 16.6. The molecule has 1 heterocycles. The van der Waals surface area contributed by atoms with Crippen molar-refractivity contribution in [1.29, 1.82) is 5.26 Å². The number of para-hydroxylation sites is 1. The summed E-state index contributed by atoms with van der Waals surface area (Å²) >= 11 is 0. The topological polar surface area (TPSA) is 79.9 Å². The number of hydrogen-bond acceptors (Lipinski definition) is 4. The average molecular weight is 452 g/mol. The van der Waals surface area contributed by atoms with Gasteiger partial charge in [-0.05, 0) is 60.2 Å². The van der Waals surface area contributed by atoms with Gasteiger partial charge in [-0.1, -0.05) is 30.3 Å². The van der Waals surface area contributed by atoms with E-state index in [-0.39, 0.29) is 11.4 Å². The van der Waals surface area contributed by atoms with E-state index in [2.05, 4.69) is 5.32 Å². The van der Waals surface area contributed by atoms with Crippen LogP contribution in [-0.4, -0.2) is 22.7 Å². The molecule has 7 heteroatoms. The van der Waals surface area contributed by atoms with E-state index in [1.54, 1.807) is 23.0 Å². The van der Waals surface area contributed by atoms with Gasteiger partial charge >= 0.3 is 0 Å². The number of halogens is 1. The van der Waals surface area contributed by atoms with E-state index in [4.69, 9.17) is 9.84 Å². The number of hydrogen-bond donors (Lipinski definition) is 1. The van der Waals surface area contributed by atoms with Crippen LogP contribution in [0.5, 0.6) is 5.75 Å². The normalized spacial score (nSPS) is 11.0. The number of benzene rings is 3. The SMILES string of the molecule is CNC(=O)C(C#N)=Cc1cn(-c2ccccc2)nc1-c1ccc(OCc2ccc(F)cc2)cc1. The lowest BCUT2D eigenvalue weighted by atomic mass is 10.1. The van der Waals surface area contributed by atoms with Crippen LogP contribution in [0.25, 0.3) is 23.0 Å². The van der Waals surface area contributed by atoms with Crippen molar-refractivity contribution in [2.75, 3.05) is 7.05 Å². The highest BCUT2D eigenvalue weighted by atomic mass is 19.1. The Balaban J connectivity index is 1.64. The van der Waals surface area contributed by atoms with Gasteiger partial charge in [-0.25, -0.2) is 9.07 Å². The van der Waals surface area contributed by atoms with E-state index < -0.39 is 5.91 Å². The molecule has 0 spiro atoms. The smallest absolute Gasteiger partial charge is 0.261 e. The molecule has 0 unspecified atom stereocenters. The van der Waals surface area contributed by atoms with E-state index in [0.717, 1.165) is 16.8 Å². The van der Waals surface area contributed by atoms with Crippen LogP contribution in [0.2, 0.25) is 0 Å². The number of amides is 1. The van der Waals surface area contributed by atoms with E-state index in [9.17, 15) is 14.4 Å². The summed E-state index contributed by atoms with van der Waals surface area (Å²) in [7, 11) is 1.48. The summed E-state index contributed by atoms with van der Waals surface area (Å²) in [6, 6.07) is 25.0. The van der Waals surface area contributed by atoms with Crippen LogP contribution in [-0.2, 0) is 11.4 Å². The highest BCUT2D eigenvalue weighted by Gasteiger charge is 2.14. The molecule has 3 aromatic carbocycles. The van der Waals surface area contributed by atoms with Crippen molar-refractivity contribution >= 4 is 12.0 Å². The number of nitriles is 1. The second kappa shape index (κ2) is 10.3. The molecule has 6 nitrogen and oxygen atoms in total. The Morgan fingerprint density at radius 2 is 1.79 bits per heavy atom. The van der Waals surface area contributed by atoms with Gasteiger partial charge in [0.1, 0.15) is 29.8 Å². The molecule has 0 atom stereocenters. The zero-order chi connectivity index (χ0) is 23.9. The summed E-state index contributed by atoms with van der Waals surface area (Å²) in [5.41, 5.74) is 3.73.